The summed E-state index contributed by atoms with van der Waals surface area (Å²) in [4.78, 5) is 34.5. The third kappa shape index (κ3) is 4.75. The first kappa shape index (κ1) is 25.1. The van der Waals surface area contributed by atoms with E-state index in [1.165, 1.54) is 17.8 Å². The highest BCUT2D eigenvalue weighted by molar-refractivity contribution is 7.98. The Morgan fingerprint density at radius 3 is 2.57 bits per heavy atom. The van der Waals surface area contributed by atoms with E-state index < -0.39 is 5.92 Å². The molecule has 1 aliphatic carbocycles. The maximum absolute atomic E-state index is 14.1. The minimum Gasteiger partial charge on any atom is -0.493 e. The zero-order chi connectivity index (χ0) is 26.3. The number of nitrogens with zero attached hydrogens (tertiary/aromatic N) is 1. The van der Waals surface area contributed by atoms with Gasteiger partial charge in [0.2, 0.25) is 0 Å². The largest absolute Gasteiger partial charge is 0.493 e. The van der Waals surface area contributed by atoms with Crippen LogP contribution in [-0.4, -0.2) is 30.0 Å². The molecule has 0 radical (unpaired) electrons. The number of nitrogens with one attached hydrogen (secondary N) is 2. The molecule has 2 aromatic carbocycles. The van der Waals surface area contributed by atoms with Crippen molar-refractivity contribution in [1.29, 1.82) is 0 Å². The predicted molar refractivity (Wildman–Crippen MR) is 141 cm³/mol. The van der Waals surface area contributed by atoms with Crippen LogP contribution >= 0.6 is 11.8 Å². The summed E-state index contributed by atoms with van der Waals surface area (Å²) in [5.74, 6) is 0.860. The number of benzene rings is 2. The number of rotatable bonds is 6. The van der Waals surface area contributed by atoms with E-state index in [9.17, 15) is 14.0 Å². The second-order valence-electron chi connectivity index (χ2n) is 10.0. The first-order valence-corrected chi connectivity index (χ1v) is 12.9. The van der Waals surface area contributed by atoms with Crippen LogP contribution in [0.1, 0.15) is 49.3 Å². The molecule has 1 aliphatic heterocycles. The number of H-pyrrole nitrogens is 1. The third-order valence-electron chi connectivity index (χ3n) is 6.76. The predicted octanol–water partition coefficient (Wildman–Crippen LogP) is 5.42. The first-order valence-electron chi connectivity index (χ1n) is 12.0. The lowest BCUT2D eigenvalue weighted by atomic mass is 9.69. The van der Waals surface area contributed by atoms with Gasteiger partial charge in [0.1, 0.15) is 11.6 Å². The molecule has 0 fully saturated rings. The van der Waals surface area contributed by atoms with E-state index in [2.05, 4.69) is 24.1 Å². The number of ether oxygens (including phenoxy) is 2. The summed E-state index contributed by atoms with van der Waals surface area (Å²) in [6.45, 7) is 4.11. The van der Waals surface area contributed by atoms with Crippen LogP contribution in [0.15, 0.2) is 63.7 Å². The van der Waals surface area contributed by atoms with Gasteiger partial charge in [-0.2, -0.15) is 0 Å². The van der Waals surface area contributed by atoms with E-state index in [1.54, 1.807) is 44.6 Å². The molecule has 37 heavy (non-hydrogen) atoms. The zero-order valence-corrected chi connectivity index (χ0v) is 21.9. The number of halogens is 1. The van der Waals surface area contributed by atoms with E-state index in [4.69, 9.17) is 14.5 Å². The lowest BCUT2D eigenvalue weighted by Crippen LogP contribution is -2.37. The summed E-state index contributed by atoms with van der Waals surface area (Å²) in [5.41, 5.74) is 2.40. The van der Waals surface area contributed by atoms with Gasteiger partial charge >= 0.3 is 0 Å². The molecule has 0 saturated heterocycles. The summed E-state index contributed by atoms with van der Waals surface area (Å²) >= 11 is 1.25. The van der Waals surface area contributed by atoms with Crippen molar-refractivity contribution < 1.29 is 18.7 Å². The molecule has 3 aromatic rings. The maximum atomic E-state index is 14.1. The number of aromatic amines is 1. The smallest absolute Gasteiger partial charge is 0.257 e. The molecule has 2 aliphatic rings. The molecule has 1 atom stereocenters. The van der Waals surface area contributed by atoms with Crippen LogP contribution in [0, 0.1) is 11.2 Å². The first-order chi connectivity index (χ1) is 17.7. The van der Waals surface area contributed by atoms with Crippen LogP contribution in [0.5, 0.6) is 11.5 Å². The molecule has 0 saturated carbocycles. The van der Waals surface area contributed by atoms with Gasteiger partial charge in [0.05, 0.1) is 19.8 Å². The Kier molecular flexibility index (Phi) is 6.58. The van der Waals surface area contributed by atoms with Crippen molar-refractivity contribution in [1.82, 2.24) is 9.97 Å². The lowest BCUT2D eigenvalue weighted by molar-refractivity contribution is -0.118. The highest BCUT2D eigenvalue weighted by Gasteiger charge is 2.42. The number of methoxy groups -OCH3 is 2. The van der Waals surface area contributed by atoms with E-state index in [0.29, 0.717) is 57.8 Å². The molecular weight excluding hydrogens is 493 g/mol. The van der Waals surface area contributed by atoms with Gasteiger partial charge in [-0.05, 0) is 41.2 Å². The Morgan fingerprint density at radius 1 is 1.08 bits per heavy atom. The third-order valence-corrected chi connectivity index (χ3v) is 7.69. The molecule has 0 bridgehead atoms. The van der Waals surface area contributed by atoms with Crippen LogP contribution in [-0.2, 0) is 10.5 Å². The summed E-state index contributed by atoms with van der Waals surface area (Å²) in [7, 11) is 3.10. The van der Waals surface area contributed by atoms with E-state index >= 15 is 0 Å². The molecule has 0 amide bonds. The fraction of sp³-hybridized carbons (Fsp3) is 0.321. The molecular formula is C28H28FN3O4S. The number of allylic oxidation sites excluding steroid dienone is 2. The van der Waals surface area contributed by atoms with Gasteiger partial charge in [0.25, 0.3) is 5.56 Å². The maximum Gasteiger partial charge on any atom is 0.257 e. The van der Waals surface area contributed by atoms with Crippen molar-refractivity contribution in [2.24, 2.45) is 5.41 Å². The van der Waals surface area contributed by atoms with Gasteiger partial charge in [-0.1, -0.05) is 49.9 Å². The summed E-state index contributed by atoms with van der Waals surface area (Å²) in [6.07, 6.45) is 1.03. The zero-order valence-electron chi connectivity index (χ0n) is 21.1. The Balaban J connectivity index is 1.61. The minimum absolute atomic E-state index is 0.00147. The fourth-order valence-corrected chi connectivity index (χ4v) is 5.94. The van der Waals surface area contributed by atoms with Gasteiger partial charge in [-0.25, -0.2) is 9.37 Å². The Labute approximate surface area is 218 Å². The highest BCUT2D eigenvalue weighted by Crippen LogP contribution is 2.48. The van der Waals surface area contributed by atoms with Gasteiger partial charge in [-0.15, -0.1) is 0 Å². The number of ketones is 1. The normalized spacial score (nSPS) is 18.1. The average molecular weight is 522 g/mol. The second-order valence-corrected chi connectivity index (χ2v) is 11.0. The number of Topliss-reactive ketones (excluding diaryl/α,β-unsaturated/α-hetero) is 1. The van der Waals surface area contributed by atoms with Gasteiger partial charge in [0, 0.05) is 29.4 Å². The second kappa shape index (κ2) is 9.70. The molecule has 0 unspecified atom stereocenters. The monoisotopic (exact) mass is 521 g/mol. The Morgan fingerprint density at radius 2 is 1.84 bits per heavy atom. The molecule has 2 N–H and O–H groups in total. The number of aromatic nitrogens is 2. The molecule has 192 valence electrons. The quantitative estimate of drug-likeness (QED) is 0.331. The number of carbonyl (C=O) groups excluding carboxylic acids is 1. The van der Waals surface area contributed by atoms with E-state index in [-0.39, 0.29) is 22.6 Å². The molecule has 1 aromatic heterocycles. The minimum atomic E-state index is -0.614. The van der Waals surface area contributed by atoms with Crippen molar-refractivity contribution in [3.05, 3.63) is 86.6 Å². The Bertz CT molecular complexity index is 1480. The number of thioether (sulfide) groups is 1. The van der Waals surface area contributed by atoms with Crippen LogP contribution in [0.3, 0.4) is 0 Å². The Hall–Kier alpha value is -3.59. The molecule has 5 rings (SSSR count). The lowest BCUT2D eigenvalue weighted by Gasteiger charge is -2.38. The molecule has 9 heteroatoms. The van der Waals surface area contributed by atoms with Gasteiger partial charge in [-0.3, -0.25) is 9.59 Å². The van der Waals surface area contributed by atoms with E-state index in [0.717, 1.165) is 11.3 Å². The molecule has 7 nitrogen and oxygen atoms in total. The number of hydrogen-bond donors (Lipinski definition) is 2. The van der Waals surface area contributed by atoms with Gasteiger partial charge < -0.3 is 19.8 Å². The summed E-state index contributed by atoms with van der Waals surface area (Å²) in [5, 5.41) is 3.68. The van der Waals surface area contributed by atoms with Crippen molar-refractivity contribution in [2.45, 2.75) is 43.5 Å². The number of carbonyl (C=O) groups is 1. The molecule has 0 spiro atoms. The van der Waals surface area contributed by atoms with Crippen molar-refractivity contribution in [3.63, 3.8) is 0 Å². The van der Waals surface area contributed by atoms with Crippen LogP contribution in [0.4, 0.5) is 10.2 Å². The van der Waals surface area contributed by atoms with E-state index in [1.807, 2.05) is 6.07 Å². The van der Waals surface area contributed by atoms with Crippen LogP contribution in [0.2, 0.25) is 0 Å². The van der Waals surface area contributed by atoms with Crippen molar-refractivity contribution in [2.75, 3.05) is 19.5 Å². The average Bonchev–Trinajstić information content (AvgIpc) is 2.85. The highest BCUT2D eigenvalue weighted by atomic mass is 32.2. The number of hydrogen-bond acceptors (Lipinski definition) is 7. The number of anilines is 1. The fourth-order valence-electron chi connectivity index (χ4n) is 5.09. The topological polar surface area (TPSA) is 93.3 Å². The van der Waals surface area contributed by atoms with Crippen LogP contribution < -0.4 is 20.3 Å². The standard InChI is InChI=1S/C28H28FN3O4S/c1-28(2)12-18-23(19(33)13-28)22(15-9-10-20(35-3)21(11-15)36-4)24-25(30-18)31-27(32-26(24)34)37-14-16-7-5-6-8-17(16)29/h5-11,22H,12-14H2,1-4H3,(H2,30,31,32,34)/t22-/m0/s1. The summed E-state index contributed by atoms with van der Waals surface area (Å²) in [6, 6.07) is 11.9. The van der Waals surface area contributed by atoms with Gasteiger partial charge in [0.15, 0.2) is 22.4 Å². The van der Waals surface area contributed by atoms with Crippen LogP contribution in [0.25, 0.3) is 0 Å². The van der Waals surface area contributed by atoms with Crippen molar-refractivity contribution in [3.8, 4) is 11.5 Å². The SMILES string of the molecule is COc1ccc([C@H]2C3=C(CC(C)(C)CC3=O)Nc3nc(SCc4ccccc4F)[nH]c(=O)c32)cc1OC. The van der Waals surface area contributed by atoms with Crippen molar-refractivity contribution >= 4 is 23.4 Å². The molecule has 2 heterocycles. The number of fused-ring (bicyclic) bond motifs is 1. The summed E-state index contributed by atoms with van der Waals surface area (Å²) < 4.78 is 25.0.